The van der Waals surface area contributed by atoms with Crippen LogP contribution in [0.2, 0.25) is 0 Å². The molecule has 1 aromatic heterocycles. The molecule has 0 radical (unpaired) electrons. The van der Waals surface area contributed by atoms with Crippen LogP contribution in [-0.2, 0) is 16.6 Å². The second-order valence-electron chi connectivity index (χ2n) is 5.24. The monoisotopic (exact) mass is 426 g/mol. The van der Waals surface area contributed by atoms with Gasteiger partial charge in [-0.3, -0.25) is 14.1 Å². The van der Waals surface area contributed by atoms with Gasteiger partial charge in [0, 0.05) is 11.0 Å². The molecule has 2 aromatic carbocycles. The molecule has 0 unspecified atom stereocenters. The van der Waals surface area contributed by atoms with Crippen molar-refractivity contribution >= 4 is 53.2 Å². The van der Waals surface area contributed by atoms with E-state index >= 15 is 0 Å². The number of nitrogens with zero attached hydrogens (tertiary/aromatic N) is 1. The number of aromatic nitrogens is 1. The average molecular weight is 427 g/mol. The van der Waals surface area contributed by atoms with Crippen molar-refractivity contribution in [1.29, 1.82) is 0 Å². The van der Waals surface area contributed by atoms with Crippen LogP contribution in [0.3, 0.4) is 0 Å². The van der Waals surface area contributed by atoms with Crippen molar-refractivity contribution in [1.82, 2.24) is 4.57 Å². The number of halogens is 1. The van der Waals surface area contributed by atoms with Crippen LogP contribution in [0.25, 0.3) is 10.2 Å². The Morgan fingerprint density at radius 1 is 1.21 bits per heavy atom. The fourth-order valence-electron chi connectivity index (χ4n) is 2.44. The Morgan fingerprint density at radius 2 is 1.96 bits per heavy atom. The predicted molar refractivity (Wildman–Crippen MR) is 101 cm³/mol. The molecule has 0 aliphatic carbocycles. The molecule has 0 aliphatic rings. The van der Waals surface area contributed by atoms with Crippen LogP contribution in [0.4, 0.5) is 5.69 Å². The molecule has 0 amide bonds. The average Bonchev–Trinajstić information content (AvgIpc) is 2.83. The number of nitrogens with one attached hydrogen (secondary N) is 1. The minimum atomic E-state index is -3.70. The number of benzene rings is 2. The van der Waals surface area contributed by atoms with Gasteiger partial charge in [0.1, 0.15) is 4.90 Å². The van der Waals surface area contributed by atoms with Crippen LogP contribution in [-0.4, -0.2) is 13.0 Å². The standard InChI is InChI=1S/C16H15BrN2O3S2/c1-2-9-19-13-8-7-11(10-14(13)23-16(19)20)18-24(21,22)15-6-4-3-5-12(15)17/h3-8,10,18H,2,9H2,1H3. The molecule has 0 aliphatic heterocycles. The number of aryl methyl sites for hydroxylation is 1. The highest BCUT2D eigenvalue weighted by Crippen LogP contribution is 2.26. The summed E-state index contributed by atoms with van der Waals surface area (Å²) in [5.41, 5.74) is 1.26. The van der Waals surface area contributed by atoms with Gasteiger partial charge < -0.3 is 0 Å². The number of hydrogen-bond donors (Lipinski definition) is 1. The summed E-state index contributed by atoms with van der Waals surface area (Å²) < 4.78 is 30.6. The first-order valence-corrected chi connectivity index (χ1v) is 10.4. The van der Waals surface area contributed by atoms with Gasteiger partial charge in [0.2, 0.25) is 0 Å². The molecule has 126 valence electrons. The molecule has 1 heterocycles. The van der Waals surface area contributed by atoms with Crippen LogP contribution in [0.5, 0.6) is 0 Å². The van der Waals surface area contributed by atoms with Crippen LogP contribution in [0.1, 0.15) is 13.3 Å². The molecular formula is C16H15BrN2O3S2. The van der Waals surface area contributed by atoms with E-state index in [9.17, 15) is 13.2 Å². The third-order valence-electron chi connectivity index (χ3n) is 3.49. The Hall–Kier alpha value is -1.64. The first-order valence-electron chi connectivity index (χ1n) is 7.33. The summed E-state index contributed by atoms with van der Waals surface area (Å²) >= 11 is 4.37. The summed E-state index contributed by atoms with van der Waals surface area (Å²) in [6.07, 6.45) is 0.863. The van der Waals surface area contributed by atoms with Gasteiger partial charge in [-0.05, 0) is 52.7 Å². The molecule has 0 saturated carbocycles. The van der Waals surface area contributed by atoms with Gasteiger partial charge in [0.25, 0.3) is 10.0 Å². The van der Waals surface area contributed by atoms with E-state index in [1.807, 2.05) is 6.92 Å². The highest BCUT2D eigenvalue weighted by atomic mass is 79.9. The molecule has 8 heteroatoms. The van der Waals surface area contributed by atoms with E-state index in [0.29, 0.717) is 16.7 Å². The molecule has 24 heavy (non-hydrogen) atoms. The van der Waals surface area contributed by atoms with Crippen LogP contribution in [0.15, 0.2) is 56.6 Å². The van der Waals surface area contributed by atoms with Crippen molar-refractivity contribution in [2.24, 2.45) is 0 Å². The normalized spacial score (nSPS) is 11.8. The molecule has 3 aromatic rings. The maximum Gasteiger partial charge on any atom is 0.308 e. The molecule has 0 fully saturated rings. The molecule has 0 saturated heterocycles. The zero-order valence-corrected chi connectivity index (χ0v) is 16.0. The minimum Gasteiger partial charge on any atom is -0.299 e. The van der Waals surface area contributed by atoms with Crippen molar-refractivity contribution in [2.75, 3.05) is 4.72 Å². The lowest BCUT2D eigenvalue weighted by Crippen LogP contribution is -2.13. The first-order chi connectivity index (χ1) is 11.4. The van der Waals surface area contributed by atoms with Gasteiger partial charge in [-0.25, -0.2) is 8.42 Å². The Balaban J connectivity index is 1.99. The van der Waals surface area contributed by atoms with E-state index in [2.05, 4.69) is 20.7 Å². The zero-order chi connectivity index (χ0) is 17.3. The second kappa shape index (κ2) is 6.70. The number of fused-ring (bicyclic) bond motifs is 1. The van der Waals surface area contributed by atoms with E-state index in [4.69, 9.17) is 0 Å². The molecule has 0 spiro atoms. The van der Waals surface area contributed by atoms with Gasteiger partial charge in [-0.1, -0.05) is 30.4 Å². The fraction of sp³-hybridized carbons (Fsp3) is 0.188. The van der Waals surface area contributed by atoms with Crippen LogP contribution in [0, 0.1) is 0 Å². The maximum absolute atomic E-state index is 12.5. The van der Waals surface area contributed by atoms with E-state index in [1.54, 1.807) is 41.0 Å². The molecular weight excluding hydrogens is 412 g/mol. The van der Waals surface area contributed by atoms with Gasteiger partial charge in [-0.2, -0.15) is 0 Å². The van der Waals surface area contributed by atoms with Crippen LogP contribution < -0.4 is 9.60 Å². The Bertz CT molecular complexity index is 1050. The Kier molecular flexibility index (Phi) is 4.80. The summed E-state index contributed by atoms with van der Waals surface area (Å²) in [7, 11) is -3.70. The summed E-state index contributed by atoms with van der Waals surface area (Å²) in [6, 6.07) is 11.8. The van der Waals surface area contributed by atoms with E-state index in [-0.39, 0.29) is 9.77 Å². The first kappa shape index (κ1) is 17.2. The van der Waals surface area contributed by atoms with Crippen LogP contribution >= 0.6 is 27.3 Å². The largest absolute Gasteiger partial charge is 0.308 e. The molecule has 0 atom stereocenters. The van der Waals surface area contributed by atoms with Crippen molar-refractivity contribution in [2.45, 2.75) is 24.8 Å². The Labute approximate surface area is 152 Å². The molecule has 0 bridgehead atoms. The highest BCUT2D eigenvalue weighted by Gasteiger charge is 2.18. The van der Waals surface area contributed by atoms with E-state index < -0.39 is 10.0 Å². The Morgan fingerprint density at radius 3 is 2.67 bits per heavy atom. The van der Waals surface area contributed by atoms with E-state index in [0.717, 1.165) is 28.0 Å². The zero-order valence-electron chi connectivity index (χ0n) is 12.8. The van der Waals surface area contributed by atoms with Gasteiger partial charge in [0.05, 0.1) is 15.9 Å². The third kappa shape index (κ3) is 3.26. The topological polar surface area (TPSA) is 68.2 Å². The lowest BCUT2D eigenvalue weighted by atomic mass is 10.3. The summed E-state index contributed by atoms with van der Waals surface area (Å²) in [4.78, 5) is 12.2. The fourth-order valence-corrected chi connectivity index (χ4v) is 5.45. The van der Waals surface area contributed by atoms with Crippen molar-refractivity contribution in [3.8, 4) is 0 Å². The third-order valence-corrected chi connectivity index (χ3v) is 6.83. The second-order valence-corrected chi connectivity index (χ2v) is 8.74. The lowest BCUT2D eigenvalue weighted by molar-refractivity contribution is 0.601. The van der Waals surface area contributed by atoms with Gasteiger partial charge >= 0.3 is 4.87 Å². The summed E-state index contributed by atoms with van der Waals surface area (Å²) in [5.74, 6) is 0. The molecule has 3 rings (SSSR count). The number of anilines is 1. The SMILES string of the molecule is CCCn1c(=O)sc2cc(NS(=O)(=O)c3ccccc3Br)ccc21. The summed E-state index contributed by atoms with van der Waals surface area (Å²) in [5, 5.41) is 0. The smallest absolute Gasteiger partial charge is 0.299 e. The molecule has 5 nitrogen and oxygen atoms in total. The minimum absolute atomic E-state index is 0.0299. The molecule has 1 N–H and O–H groups in total. The maximum atomic E-state index is 12.5. The quantitative estimate of drug-likeness (QED) is 0.669. The summed E-state index contributed by atoms with van der Waals surface area (Å²) in [6.45, 7) is 2.66. The predicted octanol–water partition coefficient (Wildman–Crippen LogP) is 4.04. The number of thiazole rings is 1. The highest BCUT2D eigenvalue weighted by molar-refractivity contribution is 9.10. The van der Waals surface area contributed by atoms with E-state index in [1.165, 1.54) is 6.07 Å². The van der Waals surface area contributed by atoms with Crippen molar-refractivity contribution < 1.29 is 8.42 Å². The lowest BCUT2D eigenvalue weighted by Gasteiger charge is -2.10. The van der Waals surface area contributed by atoms with Crippen molar-refractivity contribution in [3.05, 3.63) is 56.6 Å². The van der Waals surface area contributed by atoms with Gasteiger partial charge in [-0.15, -0.1) is 0 Å². The van der Waals surface area contributed by atoms with Crippen molar-refractivity contribution in [3.63, 3.8) is 0 Å². The number of hydrogen-bond acceptors (Lipinski definition) is 4. The van der Waals surface area contributed by atoms with Gasteiger partial charge in [0.15, 0.2) is 0 Å². The number of rotatable bonds is 5. The number of sulfonamides is 1.